The third-order valence-corrected chi connectivity index (χ3v) is 3.44. The van der Waals surface area contributed by atoms with E-state index in [4.69, 9.17) is 4.74 Å². The maximum atomic E-state index is 12.2. The van der Waals surface area contributed by atoms with Crippen molar-refractivity contribution < 1.29 is 9.53 Å². The van der Waals surface area contributed by atoms with Crippen LogP contribution in [-0.4, -0.2) is 71.6 Å². The number of nitrogens with zero attached hydrogens (tertiary/aromatic N) is 3. The molecule has 1 fully saturated rings. The topological polar surface area (TPSA) is 78.5 Å². The highest BCUT2D eigenvalue weighted by Gasteiger charge is 2.22. The largest absolute Gasteiger partial charge is 0.380 e. The first-order valence-electron chi connectivity index (χ1n) is 7.34. The zero-order valence-electron chi connectivity index (χ0n) is 12.4. The maximum Gasteiger partial charge on any atom is 0.272 e. The molecule has 1 aliphatic rings. The van der Waals surface area contributed by atoms with Crippen LogP contribution >= 0.6 is 0 Å². The molecule has 7 heteroatoms. The molecule has 0 spiro atoms. The lowest BCUT2D eigenvalue weighted by atomic mass is 10.3. The highest BCUT2D eigenvalue weighted by Crippen LogP contribution is 2.05. The van der Waals surface area contributed by atoms with Crippen LogP contribution in [0.5, 0.6) is 0 Å². The van der Waals surface area contributed by atoms with Crippen molar-refractivity contribution in [2.75, 3.05) is 45.9 Å². The number of nitrogens with one attached hydrogen (secondary N) is 1. The first-order valence-corrected chi connectivity index (χ1v) is 7.34. The quantitative estimate of drug-likeness (QED) is 0.745. The SMILES string of the molecule is CCCOCCN1CCN(C(=O)c2cncc(=O)[nH]2)CC1. The van der Waals surface area contributed by atoms with Crippen LogP contribution in [0.2, 0.25) is 0 Å². The molecular formula is C14H22N4O3. The monoisotopic (exact) mass is 294 g/mol. The van der Waals surface area contributed by atoms with Gasteiger partial charge in [0.25, 0.3) is 11.5 Å². The Morgan fingerprint density at radius 2 is 2.05 bits per heavy atom. The molecule has 0 aliphatic carbocycles. The fraction of sp³-hybridized carbons (Fsp3) is 0.643. The minimum atomic E-state index is -0.354. The number of carbonyl (C=O) groups is 1. The highest BCUT2D eigenvalue weighted by atomic mass is 16.5. The average Bonchev–Trinajstić information content (AvgIpc) is 2.51. The van der Waals surface area contributed by atoms with E-state index in [1.807, 2.05) is 0 Å². The number of carbonyl (C=O) groups excluding carboxylic acids is 1. The second-order valence-electron chi connectivity index (χ2n) is 5.06. The van der Waals surface area contributed by atoms with E-state index >= 15 is 0 Å². The summed E-state index contributed by atoms with van der Waals surface area (Å²) in [6.07, 6.45) is 3.59. The van der Waals surface area contributed by atoms with E-state index in [-0.39, 0.29) is 17.2 Å². The maximum absolute atomic E-state index is 12.2. The Bertz CT molecular complexity index is 509. The van der Waals surface area contributed by atoms with Crippen LogP contribution in [0.1, 0.15) is 23.8 Å². The highest BCUT2D eigenvalue weighted by molar-refractivity contribution is 5.92. The molecule has 1 aromatic heterocycles. The van der Waals surface area contributed by atoms with Gasteiger partial charge in [0, 0.05) is 39.3 Å². The molecule has 116 valence electrons. The Labute approximate surface area is 123 Å². The third kappa shape index (κ3) is 4.64. The molecule has 1 aromatic rings. The van der Waals surface area contributed by atoms with Gasteiger partial charge in [0.05, 0.1) is 19.0 Å². The number of piperazine rings is 1. The van der Waals surface area contributed by atoms with Gasteiger partial charge in [0.15, 0.2) is 0 Å². The van der Waals surface area contributed by atoms with Crippen molar-refractivity contribution in [1.29, 1.82) is 0 Å². The first-order chi connectivity index (χ1) is 10.2. The van der Waals surface area contributed by atoms with Gasteiger partial charge in [-0.15, -0.1) is 0 Å². The van der Waals surface area contributed by atoms with Gasteiger partial charge in [0.1, 0.15) is 5.69 Å². The van der Waals surface area contributed by atoms with Crippen LogP contribution in [0.3, 0.4) is 0 Å². The molecule has 2 heterocycles. The molecule has 1 amide bonds. The lowest BCUT2D eigenvalue weighted by Gasteiger charge is -2.34. The van der Waals surface area contributed by atoms with Crippen molar-refractivity contribution in [3.8, 4) is 0 Å². The summed E-state index contributed by atoms with van der Waals surface area (Å²) in [6.45, 7) is 7.48. The number of ether oxygens (including phenoxy) is 1. The van der Waals surface area contributed by atoms with Gasteiger partial charge in [0.2, 0.25) is 0 Å². The van der Waals surface area contributed by atoms with Crippen LogP contribution in [0.25, 0.3) is 0 Å². The summed E-state index contributed by atoms with van der Waals surface area (Å²) in [7, 11) is 0. The van der Waals surface area contributed by atoms with Crippen LogP contribution < -0.4 is 5.56 Å². The number of amides is 1. The summed E-state index contributed by atoms with van der Waals surface area (Å²) in [6, 6.07) is 0. The van der Waals surface area contributed by atoms with Gasteiger partial charge in [-0.1, -0.05) is 6.92 Å². The van der Waals surface area contributed by atoms with Crippen LogP contribution in [-0.2, 0) is 4.74 Å². The van der Waals surface area contributed by atoms with Crippen molar-refractivity contribution >= 4 is 5.91 Å². The van der Waals surface area contributed by atoms with Crippen molar-refractivity contribution in [3.63, 3.8) is 0 Å². The number of aromatic amines is 1. The number of hydrogen-bond donors (Lipinski definition) is 1. The van der Waals surface area contributed by atoms with Gasteiger partial charge >= 0.3 is 0 Å². The van der Waals surface area contributed by atoms with Gasteiger partial charge < -0.3 is 14.6 Å². The summed E-state index contributed by atoms with van der Waals surface area (Å²) < 4.78 is 5.47. The van der Waals surface area contributed by atoms with E-state index in [0.29, 0.717) is 13.1 Å². The van der Waals surface area contributed by atoms with Gasteiger partial charge in [-0.05, 0) is 6.42 Å². The number of hydrogen-bond acceptors (Lipinski definition) is 5. The molecule has 7 nitrogen and oxygen atoms in total. The molecule has 0 saturated carbocycles. The summed E-state index contributed by atoms with van der Waals surface area (Å²) >= 11 is 0. The Morgan fingerprint density at radius 3 is 2.71 bits per heavy atom. The number of aromatic nitrogens is 2. The van der Waals surface area contributed by atoms with E-state index < -0.39 is 0 Å². The molecule has 0 radical (unpaired) electrons. The summed E-state index contributed by atoms with van der Waals surface area (Å²) in [5.41, 5.74) is -0.102. The fourth-order valence-corrected chi connectivity index (χ4v) is 2.27. The molecule has 1 N–H and O–H groups in total. The second kappa shape index (κ2) is 7.90. The standard InChI is InChI=1S/C14H22N4O3/c1-2-8-21-9-7-17-3-5-18(6-4-17)14(20)12-10-15-11-13(19)16-12/h10-11H,2-9H2,1H3,(H,16,19). The van der Waals surface area contributed by atoms with E-state index in [9.17, 15) is 9.59 Å². The van der Waals surface area contributed by atoms with E-state index in [2.05, 4.69) is 21.8 Å². The molecule has 0 unspecified atom stereocenters. The molecule has 1 aliphatic heterocycles. The smallest absolute Gasteiger partial charge is 0.272 e. The molecule has 2 rings (SSSR count). The minimum absolute atomic E-state index is 0.165. The zero-order valence-corrected chi connectivity index (χ0v) is 12.4. The third-order valence-electron chi connectivity index (χ3n) is 3.44. The molecular weight excluding hydrogens is 272 g/mol. The van der Waals surface area contributed by atoms with Crippen molar-refractivity contribution in [3.05, 3.63) is 28.4 Å². The van der Waals surface area contributed by atoms with E-state index in [1.54, 1.807) is 4.90 Å². The first kappa shape index (κ1) is 15.7. The summed E-state index contributed by atoms with van der Waals surface area (Å²) in [4.78, 5) is 33.7. The fourth-order valence-electron chi connectivity index (χ4n) is 2.27. The Kier molecular flexibility index (Phi) is 5.89. The number of H-pyrrole nitrogens is 1. The lowest BCUT2D eigenvalue weighted by Crippen LogP contribution is -2.49. The predicted octanol–water partition coefficient (Wildman–Crippen LogP) is -0.0457. The van der Waals surface area contributed by atoms with Crippen molar-refractivity contribution in [2.45, 2.75) is 13.3 Å². The molecule has 21 heavy (non-hydrogen) atoms. The minimum Gasteiger partial charge on any atom is -0.380 e. The van der Waals surface area contributed by atoms with E-state index in [1.165, 1.54) is 6.20 Å². The summed E-state index contributed by atoms with van der Waals surface area (Å²) in [5, 5.41) is 0. The van der Waals surface area contributed by atoms with Crippen LogP contribution in [0.15, 0.2) is 17.2 Å². The molecule has 0 atom stereocenters. The number of rotatable bonds is 6. The molecule has 1 saturated heterocycles. The van der Waals surface area contributed by atoms with Gasteiger partial charge in [-0.2, -0.15) is 0 Å². The second-order valence-corrected chi connectivity index (χ2v) is 5.06. The Hall–Kier alpha value is -1.73. The normalized spacial score (nSPS) is 16.1. The Morgan fingerprint density at radius 1 is 1.29 bits per heavy atom. The lowest BCUT2D eigenvalue weighted by molar-refractivity contribution is 0.0547. The average molecular weight is 294 g/mol. The molecule has 0 aromatic carbocycles. The summed E-state index contributed by atoms with van der Waals surface area (Å²) in [5.74, 6) is -0.165. The van der Waals surface area contributed by atoms with Crippen molar-refractivity contribution in [2.24, 2.45) is 0 Å². The molecule has 0 bridgehead atoms. The van der Waals surface area contributed by atoms with Crippen LogP contribution in [0, 0.1) is 0 Å². The van der Waals surface area contributed by atoms with Crippen LogP contribution in [0.4, 0.5) is 0 Å². The van der Waals surface area contributed by atoms with Gasteiger partial charge in [-0.25, -0.2) is 0 Å². The Balaban J connectivity index is 1.78. The predicted molar refractivity (Wildman–Crippen MR) is 78.3 cm³/mol. The van der Waals surface area contributed by atoms with E-state index in [0.717, 1.165) is 45.5 Å². The van der Waals surface area contributed by atoms with Crippen molar-refractivity contribution in [1.82, 2.24) is 19.8 Å². The van der Waals surface area contributed by atoms with Gasteiger partial charge in [-0.3, -0.25) is 19.5 Å². The zero-order chi connectivity index (χ0) is 15.1.